The highest BCUT2D eigenvalue weighted by Gasteiger charge is 2.23. The second-order valence-corrected chi connectivity index (χ2v) is 8.18. The van der Waals surface area contributed by atoms with Crippen LogP contribution < -0.4 is 5.32 Å². The van der Waals surface area contributed by atoms with E-state index in [0.717, 1.165) is 57.5 Å². The van der Waals surface area contributed by atoms with Crippen molar-refractivity contribution in [2.45, 2.75) is 39.7 Å². The maximum absolute atomic E-state index is 5.00. The lowest BCUT2D eigenvalue weighted by atomic mass is 9.84. The van der Waals surface area contributed by atoms with E-state index in [0.29, 0.717) is 0 Å². The van der Waals surface area contributed by atoms with E-state index in [1.165, 1.54) is 11.1 Å². The first-order valence-corrected chi connectivity index (χ1v) is 10.2. The largest absolute Gasteiger partial charge is 0.364 e. The lowest BCUT2D eigenvalue weighted by Crippen LogP contribution is -2.52. The Balaban J connectivity index is 1.61. The zero-order valence-electron chi connectivity index (χ0n) is 17.6. The number of nitrogens with one attached hydrogen (secondary N) is 1. The van der Waals surface area contributed by atoms with Crippen LogP contribution in [0.25, 0.3) is 0 Å². The molecule has 0 atom stereocenters. The summed E-state index contributed by atoms with van der Waals surface area (Å²) in [5.41, 5.74) is 3.63. The van der Waals surface area contributed by atoms with Gasteiger partial charge in [0.05, 0.1) is 12.2 Å². The lowest BCUT2D eigenvalue weighted by Gasteiger charge is -2.36. The second kappa shape index (κ2) is 9.24. The summed E-state index contributed by atoms with van der Waals surface area (Å²) in [7, 11) is 0. The van der Waals surface area contributed by atoms with Crippen LogP contribution in [-0.4, -0.2) is 60.2 Å². The van der Waals surface area contributed by atoms with Gasteiger partial charge in [0, 0.05) is 50.7 Å². The number of hydrogen-bond acceptors (Lipinski definition) is 4. The summed E-state index contributed by atoms with van der Waals surface area (Å²) in [4.78, 5) is 9.78. The van der Waals surface area contributed by atoms with Crippen molar-refractivity contribution >= 4 is 5.96 Å². The molecule has 1 saturated heterocycles. The molecule has 0 aliphatic carbocycles. The molecule has 152 valence electrons. The molecule has 1 aromatic heterocycles. The molecule has 2 aromatic rings. The Hall–Kier alpha value is -2.34. The van der Waals surface area contributed by atoms with Gasteiger partial charge in [0.1, 0.15) is 6.26 Å². The van der Waals surface area contributed by atoms with E-state index in [2.05, 4.69) is 72.2 Å². The fraction of sp³-hybridized carbons (Fsp3) is 0.545. The fourth-order valence-electron chi connectivity index (χ4n) is 3.52. The summed E-state index contributed by atoms with van der Waals surface area (Å²) in [6, 6.07) is 10.7. The number of hydrogen-bond donors (Lipinski definition) is 1. The van der Waals surface area contributed by atoms with Crippen LogP contribution in [0.3, 0.4) is 0 Å². The van der Waals surface area contributed by atoms with Crippen molar-refractivity contribution in [2.24, 2.45) is 4.99 Å². The predicted molar refractivity (Wildman–Crippen MR) is 114 cm³/mol. The highest BCUT2D eigenvalue weighted by molar-refractivity contribution is 5.80. The number of aromatic nitrogens is 1. The summed E-state index contributed by atoms with van der Waals surface area (Å²) in [6.45, 7) is 15.2. The Morgan fingerprint density at radius 3 is 2.64 bits per heavy atom. The van der Waals surface area contributed by atoms with Crippen LogP contribution in [-0.2, 0) is 12.0 Å². The SMILES string of the molecule is CCNC(=NCC(C)(C)c1cccc(C)c1)N1CCN(Cc2ccon2)CC1. The Morgan fingerprint density at radius 1 is 1.21 bits per heavy atom. The zero-order chi connectivity index (χ0) is 20.0. The van der Waals surface area contributed by atoms with Crippen molar-refractivity contribution in [2.75, 3.05) is 39.3 Å². The molecule has 28 heavy (non-hydrogen) atoms. The lowest BCUT2D eigenvalue weighted by molar-refractivity contribution is 0.169. The van der Waals surface area contributed by atoms with Gasteiger partial charge in [0.25, 0.3) is 0 Å². The molecular formula is C22H33N5O. The molecule has 3 rings (SSSR count). The van der Waals surface area contributed by atoms with Crippen LogP contribution in [0, 0.1) is 6.92 Å². The summed E-state index contributed by atoms with van der Waals surface area (Å²) in [5.74, 6) is 1.02. The number of nitrogens with zero attached hydrogens (tertiary/aromatic N) is 4. The van der Waals surface area contributed by atoms with Crippen molar-refractivity contribution in [1.29, 1.82) is 0 Å². The number of aryl methyl sites for hydroxylation is 1. The molecule has 6 heteroatoms. The van der Waals surface area contributed by atoms with E-state index in [-0.39, 0.29) is 5.41 Å². The fourth-order valence-corrected chi connectivity index (χ4v) is 3.52. The normalized spacial score (nSPS) is 16.4. The van der Waals surface area contributed by atoms with E-state index in [9.17, 15) is 0 Å². The predicted octanol–water partition coefficient (Wildman–Crippen LogP) is 3.04. The molecule has 2 heterocycles. The summed E-state index contributed by atoms with van der Waals surface area (Å²) >= 11 is 0. The Labute approximate surface area is 168 Å². The minimum absolute atomic E-state index is 0.00145. The van der Waals surface area contributed by atoms with Gasteiger partial charge in [0.15, 0.2) is 5.96 Å². The molecule has 0 bridgehead atoms. The van der Waals surface area contributed by atoms with Crippen LogP contribution in [0.2, 0.25) is 0 Å². The third-order valence-corrected chi connectivity index (χ3v) is 5.31. The monoisotopic (exact) mass is 383 g/mol. The zero-order valence-corrected chi connectivity index (χ0v) is 17.6. The average molecular weight is 384 g/mol. The molecule has 0 amide bonds. The highest BCUT2D eigenvalue weighted by Crippen LogP contribution is 2.24. The molecule has 1 aliphatic heterocycles. The van der Waals surface area contributed by atoms with Crippen LogP contribution in [0.5, 0.6) is 0 Å². The average Bonchev–Trinajstić information content (AvgIpc) is 3.19. The van der Waals surface area contributed by atoms with E-state index in [1.807, 2.05) is 6.07 Å². The maximum atomic E-state index is 5.00. The van der Waals surface area contributed by atoms with Gasteiger partial charge in [-0.3, -0.25) is 9.89 Å². The number of aliphatic imine (C=N–C) groups is 1. The van der Waals surface area contributed by atoms with Crippen LogP contribution in [0.1, 0.15) is 37.6 Å². The molecule has 1 N–H and O–H groups in total. The van der Waals surface area contributed by atoms with Crippen molar-refractivity contribution in [3.8, 4) is 0 Å². The Kier molecular flexibility index (Phi) is 6.73. The van der Waals surface area contributed by atoms with E-state index in [4.69, 9.17) is 9.52 Å². The van der Waals surface area contributed by atoms with Crippen molar-refractivity contribution in [3.05, 3.63) is 53.4 Å². The first-order chi connectivity index (χ1) is 13.5. The maximum Gasteiger partial charge on any atom is 0.194 e. The van der Waals surface area contributed by atoms with Crippen LogP contribution in [0.4, 0.5) is 0 Å². The van der Waals surface area contributed by atoms with Crippen LogP contribution >= 0.6 is 0 Å². The van der Waals surface area contributed by atoms with Crippen molar-refractivity contribution in [3.63, 3.8) is 0 Å². The molecular weight excluding hydrogens is 350 g/mol. The minimum atomic E-state index is 0.00145. The van der Waals surface area contributed by atoms with Gasteiger partial charge >= 0.3 is 0 Å². The third kappa shape index (κ3) is 5.35. The summed E-state index contributed by atoms with van der Waals surface area (Å²) in [5, 5.41) is 7.50. The number of piperazine rings is 1. The van der Waals surface area contributed by atoms with Gasteiger partial charge < -0.3 is 14.7 Å². The Morgan fingerprint density at radius 2 is 2.00 bits per heavy atom. The standard InChI is InChI=1S/C22H33N5O/c1-5-23-21(24-17-22(3,4)19-8-6-7-18(2)15-19)27-12-10-26(11-13-27)16-20-9-14-28-25-20/h6-9,14-15H,5,10-13,16-17H2,1-4H3,(H,23,24). The molecule has 0 saturated carbocycles. The molecule has 1 aromatic carbocycles. The second-order valence-electron chi connectivity index (χ2n) is 8.18. The Bertz CT molecular complexity index is 761. The van der Waals surface area contributed by atoms with Crippen molar-refractivity contribution in [1.82, 2.24) is 20.3 Å². The smallest absolute Gasteiger partial charge is 0.194 e. The summed E-state index contributed by atoms with van der Waals surface area (Å²) in [6.07, 6.45) is 1.64. The first kappa shape index (κ1) is 20.4. The summed E-state index contributed by atoms with van der Waals surface area (Å²) < 4.78 is 4.94. The van der Waals surface area contributed by atoms with Gasteiger partial charge in [-0.15, -0.1) is 0 Å². The topological polar surface area (TPSA) is 56.9 Å². The molecule has 0 spiro atoms. The van der Waals surface area contributed by atoms with Crippen molar-refractivity contribution < 1.29 is 4.52 Å². The quantitative estimate of drug-likeness (QED) is 0.614. The first-order valence-electron chi connectivity index (χ1n) is 10.2. The number of guanidine groups is 1. The van der Waals surface area contributed by atoms with E-state index in [1.54, 1.807) is 6.26 Å². The molecule has 0 radical (unpaired) electrons. The van der Waals surface area contributed by atoms with Gasteiger partial charge in [-0.25, -0.2) is 0 Å². The number of rotatable bonds is 6. The van der Waals surface area contributed by atoms with Gasteiger partial charge in [-0.1, -0.05) is 48.8 Å². The number of benzene rings is 1. The molecule has 0 unspecified atom stereocenters. The van der Waals surface area contributed by atoms with Gasteiger partial charge in [-0.2, -0.15) is 0 Å². The minimum Gasteiger partial charge on any atom is -0.364 e. The highest BCUT2D eigenvalue weighted by atomic mass is 16.5. The van der Waals surface area contributed by atoms with Crippen LogP contribution in [0.15, 0.2) is 46.1 Å². The van der Waals surface area contributed by atoms with E-state index >= 15 is 0 Å². The van der Waals surface area contributed by atoms with Gasteiger partial charge in [-0.05, 0) is 19.4 Å². The third-order valence-electron chi connectivity index (χ3n) is 5.31. The molecule has 6 nitrogen and oxygen atoms in total. The van der Waals surface area contributed by atoms with Gasteiger partial charge in [0.2, 0.25) is 0 Å². The van der Waals surface area contributed by atoms with E-state index < -0.39 is 0 Å². The molecule has 1 aliphatic rings. The molecule has 1 fully saturated rings.